The quantitative estimate of drug-likeness (QED) is 0.649. The molecule has 0 aliphatic rings. The van der Waals surface area contributed by atoms with Crippen LogP contribution < -0.4 is 0 Å². The Hall–Kier alpha value is -1.36. The van der Waals surface area contributed by atoms with E-state index in [9.17, 15) is 4.39 Å². The molecule has 0 aromatic heterocycles. The van der Waals surface area contributed by atoms with Crippen molar-refractivity contribution in [1.82, 2.24) is 0 Å². The van der Waals surface area contributed by atoms with Gasteiger partial charge < -0.3 is 0 Å². The lowest BCUT2D eigenvalue weighted by Gasteiger charge is -1.96. The number of benzene rings is 1. The summed E-state index contributed by atoms with van der Waals surface area (Å²) < 4.78 is 12.7. The molecule has 1 rings (SSSR count). The Morgan fingerprint density at radius 1 is 1.31 bits per heavy atom. The van der Waals surface area contributed by atoms with Crippen LogP contribution in [0.15, 0.2) is 18.2 Å². The van der Waals surface area contributed by atoms with E-state index in [0.29, 0.717) is 5.56 Å². The lowest BCUT2D eigenvalue weighted by Crippen LogP contribution is -1.85. The predicted molar refractivity (Wildman–Crippen MR) is 51.8 cm³/mol. The maximum absolute atomic E-state index is 12.7. The third kappa shape index (κ3) is 3.71. The van der Waals surface area contributed by atoms with Crippen LogP contribution in [-0.4, -0.2) is 0 Å². The number of hydrogen-bond donors (Lipinski definition) is 0. The molecule has 0 saturated carbocycles. The zero-order valence-electron chi connectivity index (χ0n) is 8.26. The Balaban J connectivity index is 0.000000671. The van der Waals surface area contributed by atoms with Crippen LogP contribution in [-0.2, 0) is 6.42 Å². The van der Waals surface area contributed by atoms with Crippen LogP contribution in [0.5, 0.6) is 0 Å². The number of nitrogens with zero attached hydrogens (tertiary/aromatic N) is 1. The molecular weight excluding hydrogens is 165 g/mol. The van der Waals surface area contributed by atoms with Crippen molar-refractivity contribution in [3.8, 4) is 6.07 Å². The molecule has 0 amide bonds. The van der Waals surface area contributed by atoms with Crippen LogP contribution in [0.2, 0.25) is 0 Å². The summed E-state index contributed by atoms with van der Waals surface area (Å²) in [5, 5.41) is 8.47. The first kappa shape index (κ1) is 11.6. The number of nitriles is 1. The van der Waals surface area contributed by atoms with E-state index >= 15 is 0 Å². The molecule has 0 aliphatic carbocycles. The molecule has 1 nitrogen and oxygen atoms in total. The molecule has 0 unspecified atom stereocenters. The van der Waals surface area contributed by atoms with Crippen molar-refractivity contribution in [2.45, 2.75) is 27.2 Å². The Labute approximate surface area is 78.8 Å². The van der Waals surface area contributed by atoms with Gasteiger partial charge in [-0.2, -0.15) is 5.26 Å². The predicted octanol–water partition coefficient (Wildman–Crippen LogP) is 3.29. The fourth-order valence-electron chi connectivity index (χ4n) is 0.919. The van der Waals surface area contributed by atoms with E-state index in [1.807, 2.05) is 26.8 Å². The highest BCUT2D eigenvalue weighted by atomic mass is 19.1. The van der Waals surface area contributed by atoms with Gasteiger partial charge in [-0.05, 0) is 30.2 Å². The van der Waals surface area contributed by atoms with Crippen molar-refractivity contribution in [2.75, 3.05) is 0 Å². The highest BCUT2D eigenvalue weighted by Crippen LogP contribution is 2.08. The number of aryl methyl sites for hydroxylation is 1. The summed E-state index contributed by atoms with van der Waals surface area (Å²) in [5.74, 6) is -0.332. The van der Waals surface area contributed by atoms with Crippen LogP contribution in [0.1, 0.15) is 31.9 Å². The molecule has 70 valence electrons. The van der Waals surface area contributed by atoms with E-state index in [2.05, 4.69) is 0 Å². The highest BCUT2D eigenvalue weighted by molar-refractivity contribution is 5.33. The summed E-state index contributed by atoms with van der Waals surface area (Å²) >= 11 is 0. The second kappa shape index (κ2) is 6.19. The van der Waals surface area contributed by atoms with E-state index in [1.54, 1.807) is 6.07 Å². The third-order valence-corrected chi connectivity index (χ3v) is 1.49. The van der Waals surface area contributed by atoms with Crippen molar-refractivity contribution < 1.29 is 4.39 Å². The van der Waals surface area contributed by atoms with E-state index in [4.69, 9.17) is 5.26 Å². The number of hydrogen-bond acceptors (Lipinski definition) is 1. The zero-order chi connectivity index (χ0) is 10.3. The van der Waals surface area contributed by atoms with Gasteiger partial charge in [0.05, 0.1) is 11.6 Å². The SMILES string of the molecule is CC.CCc1cc(F)cc(C#N)c1. The average molecular weight is 179 g/mol. The standard InChI is InChI=1S/C9H8FN.C2H6/c1-2-7-3-8(6-11)5-9(10)4-7;1-2/h3-5H,2H2,1H3;1-2H3. The molecule has 1 aromatic rings. The summed E-state index contributed by atoms with van der Waals surface area (Å²) in [6, 6.07) is 6.28. The minimum atomic E-state index is -0.332. The highest BCUT2D eigenvalue weighted by Gasteiger charge is 1.97. The first-order chi connectivity index (χ1) is 6.26. The molecule has 2 heteroatoms. The minimum Gasteiger partial charge on any atom is -0.207 e. The Morgan fingerprint density at radius 2 is 1.92 bits per heavy atom. The van der Waals surface area contributed by atoms with Crippen molar-refractivity contribution in [3.05, 3.63) is 35.1 Å². The maximum atomic E-state index is 12.7. The average Bonchev–Trinajstić information content (AvgIpc) is 2.20. The second-order valence-corrected chi connectivity index (χ2v) is 2.31. The molecule has 13 heavy (non-hydrogen) atoms. The summed E-state index contributed by atoms with van der Waals surface area (Å²) in [7, 11) is 0. The molecule has 0 saturated heterocycles. The Bertz CT molecular complexity index is 299. The van der Waals surface area contributed by atoms with E-state index in [0.717, 1.165) is 12.0 Å². The van der Waals surface area contributed by atoms with Gasteiger partial charge in [0.2, 0.25) is 0 Å². The molecule has 0 N–H and O–H groups in total. The molecule has 0 bridgehead atoms. The van der Waals surface area contributed by atoms with Gasteiger partial charge in [0, 0.05) is 0 Å². The Morgan fingerprint density at radius 3 is 2.38 bits per heavy atom. The van der Waals surface area contributed by atoms with Gasteiger partial charge >= 0.3 is 0 Å². The summed E-state index contributed by atoms with van der Waals surface area (Å²) in [6.07, 6.45) is 0.756. The van der Waals surface area contributed by atoms with Gasteiger partial charge in [-0.25, -0.2) is 4.39 Å². The van der Waals surface area contributed by atoms with Gasteiger partial charge in [-0.1, -0.05) is 20.8 Å². The first-order valence-electron chi connectivity index (χ1n) is 4.46. The van der Waals surface area contributed by atoms with Crippen molar-refractivity contribution in [1.29, 1.82) is 5.26 Å². The van der Waals surface area contributed by atoms with Crippen LogP contribution in [0, 0.1) is 17.1 Å². The number of halogens is 1. The van der Waals surface area contributed by atoms with Crippen molar-refractivity contribution in [2.24, 2.45) is 0 Å². The number of rotatable bonds is 1. The van der Waals surface area contributed by atoms with Gasteiger partial charge in [-0.15, -0.1) is 0 Å². The topological polar surface area (TPSA) is 23.8 Å². The molecule has 1 aromatic carbocycles. The zero-order valence-corrected chi connectivity index (χ0v) is 8.26. The first-order valence-corrected chi connectivity index (χ1v) is 4.46. The third-order valence-electron chi connectivity index (χ3n) is 1.49. The normalized spacial score (nSPS) is 8.23. The molecule has 0 radical (unpaired) electrons. The molecule has 0 atom stereocenters. The van der Waals surface area contributed by atoms with E-state index in [-0.39, 0.29) is 5.82 Å². The van der Waals surface area contributed by atoms with Gasteiger partial charge in [0.15, 0.2) is 0 Å². The van der Waals surface area contributed by atoms with Crippen molar-refractivity contribution in [3.63, 3.8) is 0 Å². The largest absolute Gasteiger partial charge is 0.207 e. The smallest absolute Gasteiger partial charge is 0.124 e. The lowest BCUT2D eigenvalue weighted by atomic mass is 10.1. The van der Waals surface area contributed by atoms with Crippen LogP contribution in [0.3, 0.4) is 0 Å². The Kier molecular flexibility index (Phi) is 5.54. The molecule has 0 spiro atoms. The van der Waals surface area contributed by atoms with Crippen LogP contribution in [0.4, 0.5) is 4.39 Å². The lowest BCUT2D eigenvalue weighted by molar-refractivity contribution is 0.625. The van der Waals surface area contributed by atoms with Gasteiger partial charge in [-0.3, -0.25) is 0 Å². The van der Waals surface area contributed by atoms with Gasteiger partial charge in [0.1, 0.15) is 5.82 Å². The van der Waals surface area contributed by atoms with Crippen LogP contribution in [0.25, 0.3) is 0 Å². The summed E-state index contributed by atoms with van der Waals surface area (Å²) in [5.41, 5.74) is 1.25. The fraction of sp³-hybridized carbons (Fsp3) is 0.364. The summed E-state index contributed by atoms with van der Waals surface area (Å²) in [6.45, 7) is 5.93. The van der Waals surface area contributed by atoms with E-state index in [1.165, 1.54) is 12.1 Å². The molecule has 0 fully saturated rings. The van der Waals surface area contributed by atoms with Gasteiger partial charge in [0.25, 0.3) is 0 Å². The minimum absolute atomic E-state index is 0.332. The maximum Gasteiger partial charge on any atom is 0.124 e. The molecule has 0 heterocycles. The van der Waals surface area contributed by atoms with Crippen molar-refractivity contribution >= 4 is 0 Å². The van der Waals surface area contributed by atoms with Crippen LogP contribution >= 0.6 is 0 Å². The summed E-state index contributed by atoms with van der Waals surface area (Å²) in [4.78, 5) is 0. The molecule has 0 aliphatic heterocycles. The fourth-order valence-corrected chi connectivity index (χ4v) is 0.919. The second-order valence-electron chi connectivity index (χ2n) is 2.31. The monoisotopic (exact) mass is 179 g/mol. The molecular formula is C11H14FN. The van der Waals surface area contributed by atoms with E-state index < -0.39 is 0 Å².